The molecule has 0 saturated heterocycles. The highest BCUT2D eigenvalue weighted by molar-refractivity contribution is 6.06. The Morgan fingerprint density at radius 2 is 1.57 bits per heavy atom. The summed E-state index contributed by atoms with van der Waals surface area (Å²) in [6, 6.07) is 9.92. The number of anilines is 1. The quantitative estimate of drug-likeness (QED) is 0.669. The average molecular weight is 415 g/mol. The third kappa shape index (κ3) is 5.89. The normalized spacial score (nSPS) is 10.5. The molecule has 0 spiro atoms. The second kappa shape index (κ2) is 10.5. The first kappa shape index (κ1) is 23.1. The van der Waals surface area contributed by atoms with Crippen LogP contribution >= 0.6 is 0 Å². The van der Waals surface area contributed by atoms with Gasteiger partial charge in [-0.3, -0.25) is 9.59 Å². The van der Waals surface area contributed by atoms with E-state index >= 15 is 0 Å². The number of hydrogen-bond acceptors (Lipinski definition) is 5. The molecule has 0 fully saturated rings. The van der Waals surface area contributed by atoms with Crippen LogP contribution in [-0.4, -0.2) is 51.6 Å². The first-order valence-corrected chi connectivity index (χ1v) is 9.78. The molecule has 0 aliphatic rings. The number of nitrogens with zero attached hydrogens (tertiary/aromatic N) is 1. The lowest BCUT2D eigenvalue weighted by molar-refractivity contribution is 0.0827. The van der Waals surface area contributed by atoms with Crippen LogP contribution in [0.2, 0.25) is 0 Å². The predicted octanol–water partition coefficient (Wildman–Crippen LogP) is 4.08. The molecule has 0 bridgehead atoms. The van der Waals surface area contributed by atoms with Gasteiger partial charge in [0.15, 0.2) is 11.5 Å². The number of benzene rings is 2. The summed E-state index contributed by atoms with van der Waals surface area (Å²) in [4.78, 5) is 26.5. The molecule has 2 aromatic rings. The van der Waals surface area contributed by atoms with E-state index in [1.54, 1.807) is 50.5 Å². The smallest absolute Gasteiger partial charge is 0.255 e. The van der Waals surface area contributed by atoms with Gasteiger partial charge in [0.05, 0.1) is 26.5 Å². The van der Waals surface area contributed by atoms with Gasteiger partial charge in [0.2, 0.25) is 0 Å². The lowest BCUT2D eigenvalue weighted by atomic mass is 10.1. The molecule has 1 N–H and O–H groups in total. The first-order chi connectivity index (χ1) is 14.3. The Balaban J connectivity index is 2.22. The van der Waals surface area contributed by atoms with Crippen molar-refractivity contribution in [3.05, 3.63) is 47.5 Å². The van der Waals surface area contributed by atoms with Gasteiger partial charge in [0.25, 0.3) is 11.8 Å². The zero-order chi connectivity index (χ0) is 22.3. The molecule has 0 radical (unpaired) electrons. The Kier molecular flexibility index (Phi) is 8.09. The van der Waals surface area contributed by atoms with Gasteiger partial charge in [-0.25, -0.2) is 0 Å². The van der Waals surface area contributed by atoms with Crippen molar-refractivity contribution in [2.45, 2.75) is 20.3 Å². The Labute approximate surface area is 177 Å². The third-order valence-electron chi connectivity index (χ3n) is 4.48. The van der Waals surface area contributed by atoms with Gasteiger partial charge < -0.3 is 24.4 Å². The van der Waals surface area contributed by atoms with Crippen molar-refractivity contribution >= 4 is 17.5 Å². The first-order valence-electron chi connectivity index (χ1n) is 9.78. The average Bonchev–Trinajstić information content (AvgIpc) is 2.72. The topological polar surface area (TPSA) is 77.1 Å². The fraction of sp³-hybridized carbons (Fsp3) is 0.391. The number of hydrogen-bond donors (Lipinski definition) is 1. The summed E-state index contributed by atoms with van der Waals surface area (Å²) in [7, 11) is 6.38. The Morgan fingerprint density at radius 1 is 0.933 bits per heavy atom. The zero-order valence-corrected chi connectivity index (χ0v) is 18.4. The van der Waals surface area contributed by atoms with Crippen molar-refractivity contribution in [3.8, 4) is 17.2 Å². The van der Waals surface area contributed by atoms with Crippen molar-refractivity contribution in [1.29, 1.82) is 0 Å². The maximum absolute atomic E-state index is 12.8. The molecule has 30 heavy (non-hydrogen) atoms. The molecule has 162 valence electrons. The number of rotatable bonds is 9. The molecule has 2 amide bonds. The van der Waals surface area contributed by atoms with Crippen LogP contribution in [0.5, 0.6) is 17.2 Å². The molecule has 2 rings (SSSR count). The van der Waals surface area contributed by atoms with Crippen LogP contribution in [0, 0.1) is 5.92 Å². The van der Waals surface area contributed by atoms with Gasteiger partial charge in [-0.1, -0.05) is 13.8 Å². The van der Waals surface area contributed by atoms with Gasteiger partial charge in [-0.05, 0) is 48.7 Å². The molecule has 0 aliphatic heterocycles. The third-order valence-corrected chi connectivity index (χ3v) is 4.48. The van der Waals surface area contributed by atoms with Gasteiger partial charge in [-0.15, -0.1) is 0 Å². The fourth-order valence-corrected chi connectivity index (χ4v) is 2.72. The summed E-state index contributed by atoms with van der Waals surface area (Å²) in [5.41, 5.74) is 1.25. The molecule has 7 nitrogen and oxygen atoms in total. The number of carbonyl (C=O) groups excluding carboxylic acids is 2. The van der Waals surface area contributed by atoms with Crippen LogP contribution < -0.4 is 19.5 Å². The van der Waals surface area contributed by atoms with E-state index in [2.05, 4.69) is 19.2 Å². The molecule has 0 unspecified atom stereocenters. The number of amides is 2. The molecule has 0 atom stereocenters. The summed E-state index contributed by atoms with van der Waals surface area (Å²) >= 11 is 0. The summed E-state index contributed by atoms with van der Waals surface area (Å²) in [6.07, 6.45) is 0.924. The van der Waals surface area contributed by atoms with Crippen molar-refractivity contribution in [3.63, 3.8) is 0 Å². The van der Waals surface area contributed by atoms with Gasteiger partial charge in [0.1, 0.15) is 5.75 Å². The van der Waals surface area contributed by atoms with E-state index in [1.807, 2.05) is 0 Å². The van der Waals surface area contributed by atoms with E-state index in [1.165, 1.54) is 19.1 Å². The predicted molar refractivity (Wildman–Crippen MR) is 117 cm³/mol. The van der Waals surface area contributed by atoms with E-state index in [9.17, 15) is 9.59 Å². The van der Waals surface area contributed by atoms with Crippen molar-refractivity contribution in [2.75, 3.05) is 40.2 Å². The van der Waals surface area contributed by atoms with E-state index in [0.29, 0.717) is 46.6 Å². The lowest BCUT2D eigenvalue weighted by Gasteiger charge is -2.15. The Morgan fingerprint density at radius 3 is 2.17 bits per heavy atom. The minimum Gasteiger partial charge on any atom is -0.495 e. The van der Waals surface area contributed by atoms with Crippen LogP contribution in [0.3, 0.4) is 0 Å². The minimum absolute atomic E-state index is 0.169. The van der Waals surface area contributed by atoms with Crippen molar-refractivity contribution in [1.82, 2.24) is 4.90 Å². The summed E-state index contributed by atoms with van der Waals surface area (Å²) in [6.45, 7) is 4.83. The maximum atomic E-state index is 12.8. The van der Waals surface area contributed by atoms with Crippen LogP contribution in [0.1, 0.15) is 41.0 Å². The summed E-state index contributed by atoms with van der Waals surface area (Å²) in [5, 5.41) is 2.81. The molecule has 7 heteroatoms. The van der Waals surface area contributed by atoms with Gasteiger partial charge in [-0.2, -0.15) is 0 Å². The van der Waals surface area contributed by atoms with E-state index < -0.39 is 0 Å². The molecular formula is C23H30N2O5. The molecule has 0 aromatic heterocycles. The number of nitrogens with one attached hydrogen (secondary N) is 1. The van der Waals surface area contributed by atoms with E-state index in [-0.39, 0.29) is 11.8 Å². The lowest BCUT2D eigenvalue weighted by Crippen LogP contribution is -2.22. The van der Waals surface area contributed by atoms with Gasteiger partial charge in [0, 0.05) is 25.2 Å². The van der Waals surface area contributed by atoms with Crippen LogP contribution in [0.4, 0.5) is 5.69 Å². The maximum Gasteiger partial charge on any atom is 0.255 e. The highest BCUT2D eigenvalue weighted by Gasteiger charge is 2.16. The van der Waals surface area contributed by atoms with E-state index in [0.717, 1.165) is 6.42 Å². The molecule has 0 heterocycles. The molecule has 0 aliphatic carbocycles. The Bertz CT molecular complexity index is 893. The van der Waals surface area contributed by atoms with Crippen molar-refractivity contribution < 1.29 is 23.8 Å². The minimum atomic E-state index is -0.352. The number of ether oxygens (including phenoxy) is 3. The highest BCUT2D eigenvalue weighted by atomic mass is 16.5. The monoisotopic (exact) mass is 414 g/mol. The number of carbonyl (C=O) groups is 2. The molecule has 0 saturated carbocycles. The Hall–Kier alpha value is -3.22. The van der Waals surface area contributed by atoms with E-state index in [4.69, 9.17) is 14.2 Å². The van der Waals surface area contributed by atoms with Crippen LogP contribution in [-0.2, 0) is 0 Å². The molecule has 2 aromatic carbocycles. The fourth-order valence-electron chi connectivity index (χ4n) is 2.72. The van der Waals surface area contributed by atoms with Crippen molar-refractivity contribution in [2.24, 2.45) is 5.92 Å². The second-order valence-electron chi connectivity index (χ2n) is 7.47. The SMILES string of the molecule is COc1ccc(C(=O)N(C)C)cc1NC(=O)c1ccc(OCCC(C)C)c(OC)c1. The summed E-state index contributed by atoms with van der Waals surface area (Å²) < 4.78 is 16.5. The van der Waals surface area contributed by atoms with Crippen LogP contribution in [0.25, 0.3) is 0 Å². The van der Waals surface area contributed by atoms with Gasteiger partial charge >= 0.3 is 0 Å². The standard InChI is InChI=1S/C23H30N2O5/c1-15(2)11-12-30-20-10-7-16(14-21(20)29-6)22(26)24-18-13-17(23(27)25(3)4)8-9-19(18)28-5/h7-10,13-15H,11-12H2,1-6H3,(H,24,26). The largest absolute Gasteiger partial charge is 0.495 e. The zero-order valence-electron chi connectivity index (χ0n) is 18.4. The highest BCUT2D eigenvalue weighted by Crippen LogP contribution is 2.30. The number of methoxy groups -OCH3 is 2. The second-order valence-corrected chi connectivity index (χ2v) is 7.47. The molecular weight excluding hydrogens is 384 g/mol. The summed E-state index contributed by atoms with van der Waals surface area (Å²) in [5.74, 6) is 1.54. The van der Waals surface area contributed by atoms with Crippen LogP contribution in [0.15, 0.2) is 36.4 Å².